The number of aryl methyl sites for hydroxylation is 1. The van der Waals surface area contributed by atoms with Crippen LogP contribution >= 0.6 is 0 Å². The molecule has 0 bridgehead atoms. The van der Waals surface area contributed by atoms with Gasteiger partial charge < -0.3 is 9.84 Å². The summed E-state index contributed by atoms with van der Waals surface area (Å²) in [7, 11) is 1.82. The van der Waals surface area contributed by atoms with Crippen LogP contribution in [0.1, 0.15) is 28.5 Å². The molecule has 5 heteroatoms. The number of fused-ring (bicyclic) bond motifs is 1. The average Bonchev–Trinajstić information content (AvgIpc) is 2.96. The van der Waals surface area contributed by atoms with Gasteiger partial charge in [0.25, 0.3) is 0 Å². The van der Waals surface area contributed by atoms with Crippen molar-refractivity contribution in [3.05, 3.63) is 46.8 Å². The molecule has 1 atom stereocenters. The molecule has 18 heavy (non-hydrogen) atoms. The highest BCUT2D eigenvalue weighted by Gasteiger charge is 2.16. The first kappa shape index (κ1) is 11.4. The molecule has 0 saturated carbocycles. The maximum absolute atomic E-state index is 10.2. The first-order chi connectivity index (χ1) is 8.72. The van der Waals surface area contributed by atoms with Gasteiger partial charge in [0.05, 0.1) is 25.0 Å². The molecule has 0 fully saturated rings. The molecule has 0 spiro atoms. The standard InChI is InChI=1S/C13H15N3O2/c1-16-6-12(14-15-16)5-13(17)9-2-3-10-7-18-8-11(10)4-9/h2-4,6,13,17H,5,7-8H2,1H3. The first-order valence-corrected chi connectivity index (χ1v) is 5.95. The van der Waals surface area contributed by atoms with Gasteiger partial charge in [0.15, 0.2) is 0 Å². The van der Waals surface area contributed by atoms with Crippen LogP contribution in [-0.2, 0) is 31.4 Å². The van der Waals surface area contributed by atoms with Crippen molar-refractivity contribution >= 4 is 0 Å². The molecular weight excluding hydrogens is 230 g/mol. The number of ether oxygens (including phenoxy) is 1. The van der Waals surface area contributed by atoms with Crippen molar-refractivity contribution in [2.24, 2.45) is 7.05 Å². The molecule has 1 unspecified atom stereocenters. The smallest absolute Gasteiger partial charge is 0.0856 e. The number of benzene rings is 1. The Morgan fingerprint density at radius 2 is 2.22 bits per heavy atom. The van der Waals surface area contributed by atoms with E-state index in [0.717, 1.165) is 11.3 Å². The summed E-state index contributed by atoms with van der Waals surface area (Å²) >= 11 is 0. The number of hydrogen-bond donors (Lipinski definition) is 1. The topological polar surface area (TPSA) is 60.2 Å². The molecule has 1 aliphatic heterocycles. The van der Waals surface area contributed by atoms with Gasteiger partial charge in [0.2, 0.25) is 0 Å². The maximum atomic E-state index is 10.2. The lowest BCUT2D eigenvalue weighted by molar-refractivity contribution is 0.134. The van der Waals surface area contributed by atoms with E-state index >= 15 is 0 Å². The fraction of sp³-hybridized carbons (Fsp3) is 0.385. The minimum Gasteiger partial charge on any atom is -0.388 e. The first-order valence-electron chi connectivity index (χ1n) is 5.95. The van der Waals surface area contributed by atoms with Crippen LogP contribution in [0, 0.1) is 0 Å². The number of aliphatic hydroxyl groups excluding tert-OH is 1. The molecule has 0 radical (unpaired) electrons. The molecular formula is C13H15N3O2. The van der Waals surface area contributed by atoms with Gasteiger partial charge in [0, 0.05) is 19.7 Å². The molecule has 1 aromatic heterocycles. The predicted molar refractivity (Wildman–Crippen MR) is 64.6 cm³/mol. The third kappa shape index (κ3) is 2.14. The number of nitrogens with zero attached hydrogens (tertiary/aromatic N) is 3. The Balaban J connectivity index is 1.78. The van der Waals surface area contributed by atoms with Crippen LogP contribution in [0.4, 0.5) is 0 Å². The minimum atomic E-state index is -0.549. The highest BCUT2D eigenvalue weighted by molar-refractivity contribution is 5.34. The molecule has 0 amide bonds. The van der Waals surface area contributed by atoms with E-state index in [1.54, 1.807) is 4.68 Å². The van der Waals surface area contributed by atoms with Crippen molar-refractivity contribution in [3.8, 4) is 0 Å². The third-order valence-corrected chi connectivity index (χ3v) is 3.18. The molecule has 3 rings (SSSR count). The monoisotopic (exact) mass is 245 g/mol. The van der Waals surface area contributed by atoms with Gasteiger partial charge >= 0.3 is 0 Å². The summed E-state index contributed by atoms with van der Waals surface area (Å²) in [6.45, 7) is 1.32. The summed E-state index contributed by atoms with van der Waals surface area (Å²) in [5, 5.41) is 18.0. The van der Waals surface area contributed by atoms with Crippen molar-refractivity contribution in [3.63, 3.8) is 0 Å². The number of aromatic nitrogens is 3. The van der Waals surface area contributed by atoms with Crippen molar-refractivity contribution in [1.82, 2.24) is 15.0 Å². The second-order valence-electron chi connectivity index (χ2n) is 4.62. The molecule has 94 valence electrons. The van der Waals surface area contributed by atoms with Gasteiger partial charge in [-0.1, -0.05) is 23.4 Å². The summed E-state index contributed by atoms with van der Waals surface area (Å²) in [6.07, 6.45) is 1.75. The van der Waals surface area contributed by atoms with Crippen LogP contribution in [0.15, 0.2) is 24.4 Å². The Kier molecular flexibility index (Phi) is 2.85. The Bertz CT molecular complexity index is 565. The SMILES string of the molecule is Cn1cc(CC(O)c2ccc3c(c2)COC3)nn1. The normalized spacial score (nSPS) is 15.7. The summed E-state index contributed by atoms with van der Waals surface area (Å²) in [5.41, 5.74) is 4.09. The van der Waals surface area contributed by atoms with E-state index in [-0.39, 0.29) is 0 Å². The summed E-state index contributed by atoms with van der Waals surface area (Å²) in [4.78, 5) is 0. The zero-order valence-electron chi connectivity index (χ0n) is 10.2. The second kappa shape index (κ2) is 4.51. The Labute approximate surface area is 105 Å². The second-order valence-corrected chi connectivity index (χ2v) is 4.62. The van der Waals surface area contributed by atoms with Gasteiger partial charge in [-0.15, -0.1) is 5.10 Å². The van der Waals surface area contributed by atoms with Gasteiger partial charge in [0.1, 0.15) is 0 Å². The molecule has 1 aliphatic rings. The van der Waals surface area contributed by atoms with E-state index in [1.165, 1.54) is 11.1 Å². The predicted octanol–water partition coefficient (Wildman–Crippen LogP) is 1.12. The van der Waals surface area contributed by atoms with E-state index in [0.29, 0.717) is 19.6 Å². The van der Waals surface area contributed by atoms with Crippen LogP contribution in [0.2, 0.25) is 0 Å². The Morgan fingerprint density at radius 1 is 1.39 bits per heavy atom. The largest absolute Gasteiger partial charge is 0.388 e. The summed E-state index contributed by atoms with van der Waals surface area (Å²) in [6, 6.07) is 6.00. The zero-order valence-corrected chi connectivity index (χ0v) is 10.2. The van der Waals surface area contributed by atoms with E-state index in [2.05, 4.69) is 10.3 Å². The molecule has 1 aromatic carbocycles. The minimum absolute atomic E-state index is 0.480. The summed E-state index contributed by atoms with van der Waals surface area (Å²) < 4.78 is 7.00. The van der Waals surface area contributed by atoms with Gasteiger partial charge in [-0.05, 0) is 16.7 Å². The fourth-order valence-corrected chi connectivity index (χ4v) is 2.20. The molecule has 1 N–H and O–H groups in total. The van der Waals surface area contributed by atoms with E-state index in [9.17, 15) is 5.11 Å². The van der Waals surface area contributed by atoms with Crippen molar-refractivity contribution in [1.29, 1.82) is 0 Å². The highest BCUT2D eigenvalue weighted by atomic mass is 16.5. The molecule has 0 saturated heterocycles. The van der Waals surface area contributed by atoms with Crippen LogP contribution < -0.4 is 0 Å². The van der Waals surface area contributed by atoms with Crippen molar-refractivity contribution in [2.45, 2.75) is 25.7 Å². The van der Waals surface area contributed by atoms with Gasteiger partial charge in [-0.25, -0.2) is 0 Å². The van der Waals surface area contributed by atoms with Crippen LogP contribution in [0.3, 0.4) is 0 Å². The third-order valence-electron chi connectivity index (χ3n) is 3.18. The quantitative estimate of drug-likeness (QED) is 0.880. The molecule has 5 nitrogen and oxygen atoms in total. The molecule has 0 aliphatic carbocycles. The van der Waals surface area contributed by atoms with Gasteiger partial charge in [-0.3, -0.25) is 4.68 Å². The van der Waals surface area contributed by atoms with Crippen LogP contribution in [-0.4, -0.2) is 20.1 Å². The fourth-order valence-electron chi connectivity index (χ4n) is 2.20. The zero-order chi connectivity index (χ0) is 12.5. The highest BCUT2D eigenvalue weighted by Crippen LogP contribution is 2.25. The van der Waals surface area contributed by atoms with Crippen molar-refractivity contribution in [2.75, 3.05) is 0 Å². The summed E-state index contributed by atoms with van der Waals surface area (Å²) in [5.74, 6) is 0. The lowest BCUT2D eigenvalue weighted by Crippen LogP contribution is -2.03. The number of aliphatic hydroxyl groups is 1. The van der Waals surface area contributed by atoms with E-state index in [1.807, 2.05) is 31.4 Å². The van der Waals surface area contributed by atoms with E-state index in [4.69, 9.17) is 4.74 Å². The Hall–Kier alpha value is -1.72. The molecule has 2 aromatic rings. The Morgan fingerprint density at radius 3 is 3.00 bits per heavy atom. The number of hydrogen-bond acceptors (Lipinski definition) is 4. The lowest BCUT2D eigenvalue weighted by Gasteiger charge is -2.10. The van der Waals surface area contributed by atoms with Gasteiger partial charge in [-0.2, -0.15) is 0 Å². The van der Waals surface area contributed by atoms with E-state index < -0.39 is 6.10 Å². The van der Waals surface area contributed by atoms with Crippen LogP contribution in [0.25, 0.3) is 0 Å². The van der Waals surface area contributed by atoms with Crippen LogP contribution in [0.5, 0.6) is 0 Å². The number of rotatable bonds is 3. The maximum Gasteiger partial charge on any atom is 0.0856 e. The van der Waals surface area contributed by atoms with Crippen molar-refractivity contribution < 1.29 is 9.84 Å². The lowest BCUT2D eigenvalue weighted by atomic mass is 10.0. The molecule has 2 heterocycles. The average molecular weight is 245 g/mol.